The summed E-state index contributed by atoms with van der Waals surface area (Å²) in [4.78, 5) is 9.74. The molecule has 1 aromatic carbocycles. The molecule has 94 valence electrons. The van der Waals surface area contributed by atoms with Crippen LogP contribution in [0.3, 0.4) is 0 Å². The number of benzene rings is 1. The van der Waals surface area contributed by atoms with Gasteiger partial charge in [-0.05, 0) is 6.07 Å². The lowest BCUT2D eigenvalue weighted by Crippen LogP contribution is -2.08. The van der Waals surface area contributed by atoms with Gasteiger partial charge < -0.3 is 15.2 Å². The molecule has 0 fully saturated rings. The van der Waals surface area contributed by atoms with Crippen LogP contribution in [0.4, 0.5) is 20.2 Å². The van der Waals surface area contributed by atoms with E-state index in [2.05, 4.69) is 10.1 Å². The molecular formula is C9H10F2N2O4. The molecule has 8 heteroatoms. The van der Waals surface area contributed by atoms with Gasteiger partial charge in [0.25, 0.3) is 0 Å². The van der Waals surface area contributed by atoms with Crippen molar-refractivity contribution in [1.29, 1.82) is 0 Å². The summed E-state index contributed by atoms with van der Waals surface area (Å²) in [6.07, 6.45) is 0. The van der Waals surface area contributed by atoms with Crippen molar-refractivity contribution >= 4 is 11.4 Å². The second-order valence-electron chi connectivity index (χ2n) is 2.97. The molecule has 0 saturated heterocycles. The topological polar surface area (TPSA) is 84.6 Å². The van der Waals surface area contributed by atoms with E-state index < -0.39 is 23.0 Å². The molecule has 0 radical (unpaired) electrons. The van der Waals surface area contributed by atoms with Crippen molar-refractivity contribution in [2.45, 2.75) is 6.61 Å². The molecule has 0 aliphatic carbocycles. The first-order valence-electron chi connectivity index (χ1n) is 4.62. The average molecular weight is 248 g/mol. The predicted molar refractivity (Wildman–Crippen MR) is 55.3 cm³/mol. The number of hydrogen-bond acceptors (Lipinski definition) is 5. The first-order chi connectivity index (χ1) is 8.04. The molecule has 0 unspecified atom stereocenters. The molecule has 0 amide bonds. The van der Waals surface area contributed by atoms with Crippen LogP contribution in [0.15, 0.2) is 18.2 Å². The quantitative estimate of drug-likeness (QED) is 0.590. The van der Waals surface area contributed by atoms with Crippen molar-refractivity contribution in [3.63, 3.8) is 0 Å². The monoisotopic (exact) mass is 248 g/mol. The lowest BCUT2D eigenvalue weighted by Gasteiger charge is -2.08. The maximum atomic E-state index is 12.0. The van der Waals surface area contributed by atoms with E-state index in [1.807, 2.05) is 0 Å². The van der Waals surface area contributed by atoms with Crippen molar-refractivity contribution < 1.29 is 23.5 Å². The summed E-state index contributed by atoms with van der Waals surface area (Å²) in [7, 11) is 0. The van der Waals surface area contributed by atoms with Gasteiger partial charge in [0.1, 0.15) is 0 Å². The number of hydrogen-bond donors (Lipinski definition) is 2. The Hall–Kier alpha value is -1.96. The van der Waals surface area contributed by atoms with Gasteiger partial charge in [0.15, 0.2) is 0 Å². The van der Waals surface area contributed by atoms with Crippen LogP contribution in [-0.4, -0.2) is 29.8 Å². The number of rotatable bonds is 6. The van der Waals surface area contributed by atoms with Gasteiger partial charge in [-0.3, -0.25) is 10.1 Å². The van der Waals surface area contributed by atoms with E-state index in [9.17, 15) is 18.9 Å². The molecule has 0 aliphatic rings. The van der Waals surface area contributed by atoms with E-state index in [0.717, 1.165) is 12.1 Å². The van der Waals surface area contributed by atoms with Gasteiger partial charge in [0.05, 0.1) is 11.5 Å². The Morgan fingerprint density at radius 1 is 1.53 bits per heavy atom. The number of alkyl halides is 2. The van der Waals surface area contributed by atoms with Gasteiger partial charge in [0, 0.05) is 24.4 Å². The molecule has 0 aromatic heterocycles. The summed E-state index contributed by atoms with van der Waals surface area (Å²) in [5, 5.41) is 21.8. The van der Waals surface area contributed by atoms with Gasteiger partial charge in [0.2, 0.25) is 5.75 Å². The highest BCUT2D eigenvalue weighted by molar-refractivity contribution is 5.57. The van der Waals surface area contributed by atoms with Crippen LogP contribution in [0.2, 0.25) is 0 Å². The molecule has 2 N–H and O–H groups in total. The molecule has 0 spiro atoms. The van der Waals surface area contributed by atoms with Crippen molar-refractivity contribution in [3.05, 3.63) is 28.3 Å². The number of nitro groups is 1. The summed E-state index contributed by atoms with van der Waals surface area (Å²) in [5.41, 5.74) is -0.194. The van der Waals surface area contributed by atoms with Crippen molar-refractivity contribution in [2.75, 3.05) is 18.5 Å². The third kappa shape index (κ3) is 3.83. The van der Waals surface area contributed by atoms with Crippen molar-refractivity contribution in [3.8, 4) is 5.75 Å². The van der Waals surface area contributed by atoms with Crippen LogP contribution in [0.1, 0.15) is 0 Å². The average Bonchev–Trinajstić information content (AvgIpc) is 2.25. The zero-order valence-electron chi connectivity index (χ0n) is 8.60. The minimum Gasteiger partial charge on any atom is -0.427 e. The highest BCUT2D eigenvalue weighted by Gasteiger charge is 2.18. The van der Waals surface area contributed by atoms with Gasteiger partial charge in [-0.2, -0.15) is 8.78 Å². The summed E-state index contributed by atoms with van der Waals surface area (Å²) in [6, 6.07) is 3.48. The fourth-order valence-electron chi connectivity index (χ4n) is 1.17. The third-order valence-electron chi connectivity index (χ3n) is 1.81. The zero-order chi connectivity index (χ0) is 12.8. The molecule has 0 bridgehead atoms. The maximum Gasteiger partial charge on any atom is 0.387 e. The number of anilines is 1. The molecule has 0 heterocycles. The highest BCUT2D eigenvalue weighted by Crippen LogP contribution is 2.31. The predicted octanol–water partition coefficient (Wildman–Crippen LogP) is 1.60. The van der Waals surface area contributed by atoms with Gasteiger partial charge in [-0.25, -0.2) is 0 Å². The van der Waals surface area contributed by atoms with E-state index in [4.69, 9.17) is 5.11 Å². The molecule has 0 atom stereocenters. The van der Waals surface area contributed by atoms with Crippen LogP contribution in [0, 0.1) is 10.1 Å². The smallest absolute Gasteiger partial charge is 0.387 e. The molecule has 1 aromatic rings. The van der Waals surface area contributed by atoms with Crippen LogP contribution in [0.5, 0.6) is 5.75 Å². The minimum absolute atomic E-state index is 0.151. The van der Waals surface area contributed by atoms with Crippen LogP contribution >= 0.6 is 0 Å². The van der Waals surface area contributed by atoms with E-state index in [1.54, 1.807) is 0 Å². The Morgan fingerprint density at radius 3 is 2.76 bits per heavy atom. The lowest BCUT2D eigenvalue weighted by atomic mass is 10.2. The summed E-state index contributed by atoms with van der Waals surface area (Å²) < 4.78 is 28.1. The fraction of sp³-hybridized carbons (Fsp3) is 0.333. The number of halogens is 2. The summed E-state index contributed by atoms with van der Waals surface area (Å²) in [6.45, 7) is -3.09. The first-order valence-corrected chi connectivity index (χ1v) is 4.62. The van der Waals surface area contributed by atoms with Crippen molar-refractivity contribution in [2.24, 2.45) is 0 Å². The van der Waals surface area contributed by atoms with E-state index >= 15 is 0 Å². The Bertz CT molecular complexity index is 401. The first kappa shape index (κ1) is 13.1. The molecule has 0 aliphatic heterocycles. The van der Waals surface area contributed by atoms with Crippen LogP contribution in [0.25, 0.3) is 0 Å². The number of aliphatic hydroxyl groups is 1. The maximum absolute atomic E-state index is 12.0. The Kier molecular flexibility index (Phi) is 4.58. The zero-order valence-corrected chi connectivity index (χ0v) is 8.60. The van der Waals surface area contributed by atoms with Crippen molar-refractivity contribution in [1.82, 2.24) is 0 Å². The third-order valence-corrected chi connectivity index (χ3v) is 1.81. The fourth-order valence-corrected chi connectivity index (χ4v) is 1.17. The van der Waals surface area contributed by atoms with E-state index in [-0.39, 0.29) is 13.2 Å². The minimum atomic E-state index is -3.14. The molecule has 0 saturated carbocycles. The SMILES string of the molecule is O=[N+]([O-])c1ccc(NCCO)cc1OC(F)F. The summed E-state index contributed by atoms with van der Waals surface area (Å²) >= 11 is 0. The van der Waals surface area contributed by atoms with Crippen LogP contribution < -0.4 is 10.1 Å². The standard InChI is InChI=1S/C9H10F2N2O4/c10-9(11)17-8-5-6(12-3-4-14)1-2-7(8)13(15)16/h1-2,5,9,12,14H,3-4H2. The molecule has 17 heavy (non-hydrogen) atoms. The second-order valence-corrected chi connectivity index (χ2v) is 2.97. The number of ether oxygens (including phenoxy) is 1. The van der Waals surface area contributed by atoms with E-state index in [1.165, 1.54) is 6.07 Å². The lowest BCUT2D eigenvalue weighted by molar-refractivity contribution is -0.386. The van der Waals surface area contributed by atoms with Crippen LogP contribution in [-0.2, 0) is 0 Å². The highest BCUT2D eigenvalue weighted by atomic mass is 19.3. The largest absolute Gasteiger partial charge is 0.427 e. The van der Waals surface area contributed by atoms with E-state index in [0.29, 0.717) is 5.69 Å². The number of nitrogens with zero attached hydrogens (tertiary/aromatic N) is 1. The normalized spacial score (nSPS) is 10.4. The Labute approximate surface area is 95.0 Å². The number of aliphatic hydroxyl groups excluding tert-OH is 1. The Morgan fingerprint density at radius 2 is 2.24 bits per heavy atom. The van der Waals surface area contributed by atoms with Gasteiger partial charge in [-0.15, -0.1) is 0 Å². The molecule has 6 nitrogen and oxygen atoms in total. The van der Waals surface area contributed by atoms with Gasteiger partial charge >= 0.3 is 12.3 Å². The molecule has 1 rings (SSSR count). The number of nitro benzene ring substituents is 1. The summed E-state index contributed by atoms with van der Waals surface area (Å²) in [5.74, 6) is -0.520. The van der Waals surface area contributed by atoms with Gasteiger partial charge in [-0.1, -0.05) is 0 Å². The Balaban J connectivity index is 2.97. The number of nitrogens with one attached hydrogen (secondary N) is 1. The second kappa shape index (κ2) is 5.94. The molecular weight excluding hydrogens is 238 g/mol.